The van der Waals surface area contributed by atoms with Crippen LogP contribution in [-0.2, 0) is 6.54 Å². The minimum Gasteiger partial charge on any atom is -0.366 e. The summed E-state index contributed by atoms with van der Waals surface area (Å²) in [6.45, 7) is 0.620. The van der Waals surface area contributed by atoms with Gasteiger partial charge in [0.25, 0.3) is 0 Å². The summed E-state index contributed by atoms with van der Waals surface area (Å²) in [5.41, 5.74) is 4.35. The molecule has 1 N–H and O–H groups in total. The summed E-state index contributed by atoms with van der Waals surface area (Å²) in [6.07, 6.45) is 5.37. The summed E-state index contributed by atoms with van der Waals surface area (Å²) in [5, 5.41) is 8.82. The molecule has 128 valence electrons. The summed E-state index contributed by atoms with van der Waals surface area (Å²) < 4.78 is 1.79. The van der Waals surface area contributed by atoms with E-state index in [-0.39, 0.29) is 0 Å². The number of benzene rings is 1. The first-order valence-corrected chi connectivity index (χ1v) is 8.81. The molecule has 0 aliphatic carbocycles. The quantitative estimate of drug-likeness (QED) is 0.552. The van der Waals surface area contributed by atoms with Gasteiger partial charge in [-0.25, -0.2) is 4.98 Å². The van der Waals surface area contributed by atoms with E-state index in [0.29, 0.717) is 16.6 Å². The van der Waals surface area contributed by atoms with E-state index in [2.05, 4.69) is 15.4 Å². The first-order chi connectivity index (χ1) is 12.6. The highest BCUT2D eigenvalue weighted by molar-refractivity contribution is 6.43. The van der Waals surface area contributed by atoms with Crippen molar-refractivity contribution in [3.05, 3.63) is 70.6 Å². The Balaban J connectivity index is 1.80. The molecule has 0 unspecified atom stereocenters. The number of hydrogen-bond acceptors (Lipinski definition) is 4. The van der Waals surface area contributed by atoms with Gasteiger partial charge in [-0.15, -0.1) is 0 Å². The van der Waals surface area contributed by atoms with Gasteiger partial charge in [-0.1, -0.05) is 41.4 Å². The van der Waals surface area contributed by atoms with E-state index in [4.69, 9.17) is 28.2 Å². The highest BCUT2D eigenvalue weighted by Gasteiger charge is 2.14. The van der Waals surface area contributed by atoms with E-state index in [1.54, 1.807) is 23.0 Å². The number of halogens is 2. The maximum Gasteiger partial charge on any atom is 0.151 e. The maximum absolute atomic E-state index is 6.39. The second-order valence-corrected chi connectivity index (χ2v) is 6.69. The molecule has 0 spiro atoms. The summed E-state index contributed by atoms with van der Waals surface area (Å²) >= 11 is 12.6. The second kappa shape index (κ2) is 6.98. The van der Waals surface area contributed by atoms with Gasteiger partial charge >= 0.3 is 0 Å². The number of nitrogens with one attached hydrogen (secondary N) is 1. The molecule has 5 nitrogen and oxygen atoms in total. The molecular formula is C18H14BCl2N5. The Labute approximate surface area is 161 Å². The lowest BCUT2D eigenvalue weighted by Crippen LogP contribution is -2.09. The van der Waals surface area contributed by atoms with Gasteiger partial charge in [-0.05, 0) is 23.2 Å². The third-order valence-electron chi connectivity index (χ3n) is 4.07. The summed E-state index contributed by atoms with van der Waals surface area (Å²) in [4.78, 5) is 8.87. The van der Waals surface area contributed by atoms with Crippen LogP contribution in [0.15, 0.2) is 55.0 Å². The molecule has 4 rings (SSSR count). The molecular weight excluding hydrogens is 368 g/mol. The van der Waals surface area contributed by atoms with Crippen LogP contribution < -0.4 is 10.8 Å². The van der Waals surface area contributed by atoms with Crippen LogP contribution >= 0.6 is 23.2 Å². The first-order valence-electron chi connectivity index (χ1n) is 8.06. The first kappa shape index (κ1) is 16.9. The van der Waals surface area contributed by atoms with Gasteiger partial charge in [-0.3, -0.25) is 4.98 Å². The molecule has 0 saturated carbocycles. The largest absolute Gasteiger partial charge is 0.366 e. The fourth-order valence-electron chi connectivity index (χ4n) is 2.73. The fraction of sp³-hybridized carbons (Fsp3) is 0.0556. The van der Waals surface area contributed by atoms with E-state index < -0.39 is 0 Å². The number of aromatic nitrogens is 4. The van der Waals surface area contributed by atoms with Gasteiger partial charge in [0.2, 0.25) is 0 Å². The molecule has 0 radical (unpaired) electrons. The minimum atomic E-state index is 0.487. The SMILES string of the molecule is Bc1cnn2c(NCc3cccnc3)cc(-c3cccc(Cl)c3Cl)nc12. The van der Waals surface area contributed by atoms with Gasteiger partial charge in [-0.2, -0.15) is 9.61 Å². The average Bonchev–Trinajstić information content (AvgIpc) is 3.04. The van der Waals surface area contributed by atoms with Crippen molar-refractivity contribution >= 4 is 48.0 Å². The van der Waals surface area contributed by atoms with E-state index in [0.717, 1.165) is 33.7 Å². The van der Waals surface area contributed by atoms with Crippen molar-refractivity contribution in [1.29, 1.82) is 0 Å². The molecule has 8 heteroatoms. The Hall–Kier alpha value is -2.57. The molecule has 3 heterocycles. The predicted molar refractivity (Wildman–Crippen MR) is 108 cm³/mol. The van der Waals surface area contributed by atoms with E-state index >= 15 is 0 Å². The van der Waals surface area contributed by atoms with Crippen molar-refractivity contribution in [1.82, 2.24) is 19.6 Å². The third kappa shape index (κ3) is 3.13. The van der Waals surface area contributed by atoms with Crippen molar-refractivity contribution in [2.45, 2.75) is 6.54 Å². The number of nitrogens with zero attached hydrogens (tertiary/aromatic N) is 4. The van der Waals surface area contributed by atoms with Crippen molar-refractivity contribution in [2.75, 3.05) is 5.32 Å². The summed E-state index contributed by atoms with van der Waals surface area (Å²) in [7, 11) is 1.98. The van der Waals surface area contributed by atoms with Crippen molar-refractivity contribution in [3.63, 3.8) is 0 Å². The molecule has 3 aromatic heterocycles. The van der Waals surface area contributed by atoms with Crippen LogP contribution in [0.4, 0.5) is 5.82 Å². The van der Waals surface area contributed by atoms with E-state index in [1.807, 2.05) is 44.4 Å². The van der Waals surface area contributed by atoms with E-state index in [1.165, 1.54) is 0 Å². The van der Waals surface area contributed by atoms with Crippen LogP contribution in [0.2, 0.25) is 10.0 Å². The Morgan fingerprint density at radius 2 is 2.00 bits per heavy atom. The number of rotatable bonds is 4. The number of hydrogen-bond donors (Lipinski definition) is 1. The molecule has 0 aliphatic heterocycles. The molecule has 0 amide bonds. The van der Waals surface area contributed by atoms with Crippen molar-refractivity contribution in [2.24, 2.45) is 0 Å². The van der Waals surface area contributed by atoms with Gasteiger partial charge in [0, 0.05) is 36.8 Å². The number of fused-ring (bicyclic) bond motifs is 1. The highest BCUT2D eigenvalue weighted by Crippen LogP contribution is 2.33. The summed E-state index contributed by atoms with van der Waals surface area (Å²) in [6, 6.07) is 11.4. The highest BCUT2D eigenvalue weighted by atomic mass is 35.5. The zero-order valence-electron chi connectivity index (χ0n) is 13.9. The Kier molecular flexibility index (Phi) is 4.53. The monoisotopic (exact) mass is 381 g/mol. The molecule has 1 aromatic carbocycles. The lowest BCUT2D eigenvalue weighted by molar-refractivity contribution is 0.925. The summed E-state index contributed by atoms with van der Waals surface area (Å²) in [5.74, 6) is 0.818. The zero-order valence-corrected chi connectivity index (χ0v) is 15.5. The van der Waals surface area contributed by atoms with Gasteiger partial charge in [0.15, 0.2) is 5.65 Å². The van der Waals surface area contributed by atoms with Crippen LogP contribution in [0, 0.1) is 0 Å². The number of pyridine rings is 1. The van der Waals surface area contributed by atoms with Gasteiger partial charge in [0.1, 0.15) is 13.7 Å². The van der Waals surface area contributed by atoms with Crippen LogP contribution in [0.1, 0.15) is 5.56 Å². The Bertz CT molecular complexity index is 1080. The fourth-order valence-corrected chi connectivity index (χ4v) is 3.13. The Morgan fingerprint density at radius 1 is 1.12 bits per heavy atom. The van der Waals surface area contributed by atoms with Crippen molar-refractivity contribution in [3.8, 4) is 11.3 Å². The smallest absolute Gasteiger partial charge is 0.151 e. The topological polar surface area (TPSA) is 55.1 Å². The molecule has 4 aromatic rings. The van der Waals surface area contributed by atoms with Gasteiger partial charge in [0.05, 0.1) is 15.7 Å². The van der Waals surface area contributed by atoms with E-state index in [9.17, 15) is 0 Å². The predicted octanol–water partition coefficient (Wildman–Crippen LogP) is 2.97. The van der Waals surface area contributed by atoms with Crippen LogP contribution in [0.5, 0.6) is 0 Å². The zero-order chi connectivity index (χ0) is 18.1. The normalized spacial score (nSPS) is 11.0. The molecule has 0 saturated heterocycles. The van der Waals surface area contributed by atoms with Crippen molar-refractivity contribution < 1.29 is 0 Å². The van der Waals surface area contributed by atoms with Gasteiger partial charge < -0.3 is 5.32 Å². The third-order valence-corrected chi connectivity index (χ3v) is 4.89. The lowest BCUT2D eigenvalue weighted by atomic mass is 10.0. The lowest BCUT2D eigenvalue weighted by Gasteiger charge is -2.12. The molecule has 0 fully saturated rings. The van der Waals surface area contributed by atoms with Crippen LogP contribution in [0.25, 0.3) is 16.9 Å². The average molecular weight is 382 g/mol. The molecule has 26 heavy (non-hydrogen) atoms. The Morgan fingerprint density at radius 3 is 2.81 bits per heavy atom. The second-order valence-electron chi connectivity index (χ2n) is 5.91. The minimum absolute atomic E-state index is 0.487. The maximum atomic E-state index is 6.39. The van der Waals surface area contributed by atoms with Crippen LogP contribution in [0.3, 0.4) is 0 Å². The molecule has 0 bridgehead atoms. The number of anilines is 1. The molecule has 0 aliphatic rings. The van der Waals surface area contributed by atoms with Crippen LogP contribution in [-0.4, -0.2) is 27.4 Å². The standard InChI is InChI=1S/C18H14BCl2N5/c19-13-10-24-26-16(23-9-11-3-2-6-22-8-11)7-15(25-18(13)26)12-4-1-5-14(20)17(12)21/h1-8,10,23H,9,19H2. The molecule has 0 atom stereocenters.